The first kappa shape index (κ1) is 14.8. The van der Waals surface area contributed by atoms with Crippen LogP contribution in [0.25, 0.3) is 0 Å². The van der Waals surface area contributed by atoms with Crippen LogP contribution in [0.3, 0.4) is 0 Å². The predicted octanol–water partition coefficient (Wildman–Crippen LogP) is 2.40. The van der Waals surface area contributed by atoms with Gasteiger partial charge in [0.15, 0.2) is 6.61 Å². The first-order chi connectivity index (χ1) is 9.97. The highest BCUT2D eigenvalue weighted by molar-refractivity contribution is 5.95. The van der Waals surface area contributed by atoms with Crippen molar-refractivity contribution in [3.05, 3.63) is 46.8 Å². The topological polar surface area (TPSA) is 81.4 Å². The molecule has 1 N–H and O–H groups in total. The molecule has 6 nitrogen and oxygen atoms in total. The van der Waals surface area contributed by atoms with Crippen LogP contribution in [0.15, 0.2) is 28.8 Å². The average molecular weight is 288 g/mol. The first-order valence-electron chi connectivity index (χ1n) is 6.44. The van der Waals surface area contributed by atoms with Crippen LogP contribution in [-0.4, -0.2) is 23.6 Å². The summed E-state index contributed by atoms with van der Waals surface area (Å²) in [6.45, 7) is 5.17. The Labute approximate surface area is 122 Å². The van der Waals surface area contributed by atoms with E-state index in [-0.39, 0.29) is 12.4 Å². The van der Waals surface area contributed by atoms with Gasteiger partial charge >= 0.3 is 5.97 Å². The van der Waals surface area contributed by atoms with Crippen molar-refractivity contribution in [3.63, 3.8) is 0 Å². The van der Waals surface area contributed by atoms with Crippen LogP contribution in [0.5, 0.6) is 0 Å². The van der Waals surface area contributed by atoms with E-state index in [1.807, 2.05) is 26.0 Å². The molecular weight excluding hydrogens is 272 g/mol. The minimum absolute atomic E-state index is 0.0213. The van der Waals surface area contributed by atoms with Crippen molar-refractivity contribution >= 4 is 17.6 Å². The number of benzene rings is 1. The van der Waals surface area contributed by atoms with Crippen LogP contribution in [0.4, 0.5) is 5.69 Å². The van der Waals surface area contributed by atoms with Crippen LogP contribution in [-0.2, 0) is 9.53 Å². The number of nitrogens with one attached hydrogen (secondary N) is 1. The van der Waals surface area contributed by atoms with Crippen molar-refractivity contribution < 1.29 is 18.8 Å². The van der Waals surface area contributed by atoms with Crippen LogP contribution in [0.1, 0.15) is 27.4 Å². The number of carbonyl (C=O) groups excluding carboxylic acids is 2. The first-order valence-corrected chi connectivity index (χ1v) is 6.44. The molecule has 6 heteroatoms. The van der Waals surface area contributed by atoms with E-state index in [2.05, 4.69) is 10.5 Å². The highest BCUT2D eigenvalue weighted by atomic mass is 16.6. The third kappa shape index (κ3) is 3.68. The summed E-state index contributed by atoms with van der Waals surface area (Å²) in [5.41, 5.74) is 3.32. The molecule has 1 aromatic carbocycles. The number of esters is 1. The molecule has 110 valence electrons. The molecule has 2 aromatic rings. The van der Waals surface area contributed by atoms with Gasteiger partial charge in [0.1, 0.15) is 0 Å². The maximum Gasteiger partial charge on any atom is 0.377 e. The average Bonchev–Trinajstić information content (AvgIpc) is 2.88. The molecule has 0 aliphatic rings. The molecule has 0 fully saturated rings. The van der Waals surface area contributed by atoms with Crippen molar-refractivity contribution in [2.24, 2.45) is 0 Å². The lowest BCUT2D eigenvalue weighted by atomic mass is 10.1. The Morgan fingerprint density at radius 1 is 1.29 bits per heavy atom. The van der Waals surface area contributed by atoms with Crippen molar-refractivity contribution in [3.8, 4) is 0 Å². The number of carbonyl (C=O) groups is 2. The van der Waals surface area contributed by atoms with Gasteiger partial charge in [0.2, 0.25) is 5.76 Å². The molecule has 0 aliphatic heterocycles. The molecule has 0 unspecified atom stereocenters. The SMILES string of the molecule is Cc1cc(C(=O)OCC(=O)Nc2cccc(C)c2C)on1. The molecule has 0 spiro atoms. The van der Waals surface area contributed by atoms with Crippen LogP contribution in [0.2, 0.25) is 0 Å². The maximum absolute atomic E-state index is 11.8. The van der Waals surface area contributed by atoms with Crippen molar-refractivity contribution in [1.82, 2.24) is 5.16 Å². The quantitative estimate of drug-likeness (QED) is 0.874. The van der Waals surface area contributed by atoms with E-state index in [0.29, 0.717) is 11.4 Å². The van der Waals surface area contributed by atoms with Gasteiger partial charge in [-0.25, -0.2) is 4.79 Å². The fourth-order valence-electron chi connectivity index (χ4n) is 1.73. The minimum atomic E-state index is -0.716. The molecule has 1 heterocycles. The van der Waals surface area contributed by atoms with E-state index in [9.17, 15) is 9.59 Å². The standard InChI is InChI=1S/C15H16N2O4/c1-9-5-4-6-12(11(9)3)16-14(18)8-20-15(19)13-7-10(2)17-21-13/h4-7H,8H2,1-3H3,(H,16,18). The van der Waals surface area contributed by atoms with Gasteiger partial charge in [0.25, 0.3) is 5.91 Å². The third-order valence-electron chi connectivity index (χ3n) is 3.04. The minimum Gasteiger partial charge on any atom is -0.450 e. The highest BCUT2D eigenvalue weighted by Gasteiger charge is 2.15. The van der Waals surface area contributed by atoms with E-state index >= 15 is 0 Å². The molecule has 1 amide bonds. The lowest BCUT2D eigenvalue weighted by Crippen LogP contribution is -2.21. The Morgan fingerprint density at radius 2 is 2.05 bits per heavy atom. The van der Waals surface area contributed by atoms with Crippen molar-refractivity contribution in [1.29, 1.82) is 0 Å². The van der Waals surface area contributed by atoms with Crippen molar-refractivity contribution in [2.45, 2.75) is 20.8 Å². The molecule has 0 saturated heterocycles. The summed E-state index contributed by atoms with van der Waals surface area (Å²) in [6.07, 6.45) is 0. The fraction of sp³-hybridized carbons (Fsp3) is 0.267. The van der Waals surface area contributed by atoms with Crippen LogP contribution in [0, 0.1) is 20.8 Å². The second kappa shape index (κ2) is 6.21. The molecular formula is C15H16N2O4. The smallest absolute Gasteiger partial charge is 0.377 e. The Hall–Kier alpha value is -2.63. The summed E-state index contributed by atoms with van der Waals surface area (Å²) in [5, 5.41) is 6.28. The maximum atomic E-state index is 11.8. The highest BCUT2D eigenvalue weighted by Crippen LogP contribution is 2.17. The van der Waals surface area contributed by atoms with Gasteiger partial charge in [-0.2, -0.15) is 0 Å². The lowest BCUT2D eigenvalue weighted by Gasteiger charge is -2.10. The molecule has 0 atom stereocenters. The Bertz CT molecular complexity index is 676. The fourth-order valence-corrected chi connectivity index (χ4v) is 1.73. The molecule has 1 aromatic heterocycles. The third-order valence-corrected chi connectivity index (χ3v) is 3.04. The van der Waals surface area contributed by atoms with Crippen LogP contribution < -0.4 is 5.32 Å². The Morgan fingerprint density at radius 3 is 2.71 bits per heavy atom. The summed E-state index contributed by atoms with van der Waals surface area (Å²) in [6, 6.07) is 7.05. The van der Waals surface area contributed by atoms with Gasteiger partial charge in [0, 0.05) is 11.8 Å². The molecule has 0 radical (unpaired) electrons. The molecule has 21 heavy (non-hydrogen) atoms. The zero-order valence-electron chi connectivity index (χ0n) is 12.1. The number of amides is 1. The number of anilines is 1. The number of hydrogen-bond acceptors (Lipinski definition) is 5. The number of rotatable bonds is 4. The zero-order valence-corrected chi connectivity index (χ0v) is 12.1. The molecule has 0 aliphatic carbocycles. The number of hydrogen-bond donors (Lipinski definition) is 1. The van der Waals surface area contributed by atoms with Crippen molar-refractivity contribution in [2.75, 3.05) is 11.9 Å². The van der Waals surface area contributed by atoms with Gasteiger partial charge in [-0.3, -0.25) is 4.79 Å². The van der Waals surface area contributed by atoms with Gasteiger partial charge in [-0.15, -0.1) is 0 Å². The van der Waals surface area contributed by atoms with E-state index in [1.54, 1.807) is 13.0 Å². The number of nitrogens with zero attached hydrogens (tertiary/aromatic N) is 1. The largest absolute Gasteiger partial charge is 0.450 e. The second-order valence-corrected chi connectivity index (χ2v) is 4.70. The normalized spacial score (nSPS) is 10.2. The van der Waals surface area contributed by atoms with E-state index in [4.69, 9.17) is 9.26 Å². The molecule has 0 saturated carbocycles. The summed E-state index contributed by atoms with van der Waals surface area (Å²) in [7, 11) is 0. The van der Waals surface area contributed by atoms with Crippen LogP contribution >= 0.6 is 0 Å². The van der Waals surface area contributed by atoms with E-state index < -0.39 is 11.9 Å². The zero-order chi connectivity index (χ0) is 15.4. The molecule has 0 bridgehead atoms. The van der Waals surface area contributed by atoms with Gasteiger partial charge in [0.05, 0.1) is 5.69 Å². The van der Waals surface area contributed by atoms with E-state index in [0.717, 1.165) is 11.1 Å². The predicted molar refractivity (Wildman–Crippen MR) is 76.1 cm³/mol. The number of aromatic nitrogens is 1. The summed E-state index contributed by atoms with van der Waals surface area (Å²) >= 11 is 0. The number of ether oxygens (including phenoxy) is 1. The second-order valence-electron chi connectivity index (χ2n) is 4.70. The lowest BCUT2D eigenvalue weighted by molar-refractivity contribution is -0.119. The number of aryl methyl sites for hydroxylation is 2. The summed E-state index contributed by atoms with van der Waals surface area (Å²) < 4.78 is 9.62. The van der Waals surface area contributed by atoms with Gasteiger partial charge in [-0.1, -0.05) is 17.3 Å². The summed E-state index contributed by atoms with van der Waals surface area (Å²) in [5.74, 6) is -1.15. The van der Waals surface area contributed by atoms with E-state index in [1.165, 1.54) is 6.07 Å². The Balaban J connectivity index is 1.90. The summed E-state index contributed by atoms with van der Waals surface area (Å²) in [4.78, 5) is 23.4. The van der Waals surface area contributed by atoms with Gasteiger partial charge < -0.3 is 14.6 Å². The molecule has 2 rings (SSSR count). The van der Waals surface area contributed by atoms with Gasteiger partial charge in [-0.05, 0) is 38.0 Å². The monoisotopic (exact) mass is 288 g/mol. The Kier molecular flexibility index (Phi) is 4.37.